The average Bonchev–Trinajstić information content (AvgIpc) is 2.51. The summed E-state index contributed by atoms with van der Waals surface area (Å²) in [5.41, 5.74) is 2.52. The Hall–Kier alpha value is -1.41. The van der Waals surface area contributed by atoms with Crippen molar-refractivity contribution in [3.63, 3.8) is 0 Å². The molecule has 1 aromatic carbocycles. The van der Waals surface area contributed by atoms with Crippen molar-refractivity contribution in [3.05, 3.63) is 48.8 Å². The predicted molar refractivity (Wildman–Crippen MR) is 86.5 cm³/mol. The minimum atomic E-state index is -1.32. The third-order valence-electron chi connectivity index (χ3n) is 4.49. The van der Waals surface area contributed by atoms with E-state index in [9.17, 15) is 0 Å². The number of aromatic nitrogens is 1. The molecule has 0 unspecified atom stereocenters. The van der Waals surface area contributed by atoms with Crippen molar-refractivity contribution < 1.29 is 0 Å². The van der Waals surface area contributed by atoms with Crippen LogP contribution < -0.4 is 5.19 Å². The van der Waals surface area contributed by atoms with Crippen LogP contribution in [0.5, 0.6) is 0 Å². The van der Waals surface area contributed by atoms with Gasteiger partial charge in [0.1, 0.15) is 0 Å². The zero-order chi connectivity index (χ0) is 13.7. The van der Waals surface area contributed by atoms with Crippen molar-refractivity contribution in [2.45, 2.75) is 38.9 Å². The Balaban J connectivity index is 2.45. The summed E-state index contributed by atoms with van der Waals surface area (Å²) in [5.74, 6) is 0. The summed E-state index contributed by atoms with van der Waals surface area (Å²) in [7, 11) is -1.32. The maximum absolute atomic E-state index is 4.51. The maximum Gasteiger partial charge on any atom is 0.0879 e. The monoisotopic (exact) mass is 269 g/mol. The molecule has 0 aliphatic rings. The number of hydrogen-bond donors (Lipinski definition) is 0. The topological polar surface area (TPSA) is 12.9 Å². The van der Waals surface area contributed by atoms with Gasteiger partial charge in [-0.15, -0.1) is 0 Å². The van der Waals surface area contributed by atoms with Crippen LogP contribution in [0.25, 0.3) is 11.1 Å². The van der Waals surface area contributed by atoms with Crippen LogP contribution in [0.1, 0.15) is 20.8 Å². The summed E-state index contributed by atoms with van der Waals surface area (Å²) in [6.07, 6.45) is 4.09. The largest absolute Gasteiger partial charge is 0.264 e. The number of benzene rings is 1. The normalized spacial score (nSPS) is 11.5. The van der Waals surface area contributed by atoms with Crippen LogP contribution in [0.4, 0.5) is 0 Å². The highest BCUT2D eigenvalue weighted by Gasteiger charge is 2.29. The number of nitrogens with zero attached hydrogens (tertiary/aromatic N) is 1. The molecule has 0 saturated heterocycles. The molecule has 2 heteroatoms. The molecule has 1 heterocycles. The molecular weight excluding hydrogens is 246 g/mol. The van der Waals surface area contributed by atoms with E-state index in [2.05, 4.69) is 68.4 Å². The first kappa shape index (κ1) is 14.0. The molecule has 0 spiro atoms. The van der Waals surface area contributed by atoms with Crippen molar-refractivity contribution >= 4 is 13.3 Å². The van der Waals surface area contributed by atoms with Crippen LogP contribution in [0, 0.1) is 0 Å². The number of rotatable bonds is 5. The molecule has 0 N–H and O–H groups in total. The van der Waals surface area contributed by atoms with Crippen LogP contribution >= 0.6 is 0 Å². The zero-order valence-corrected chi connectivity index (χ0v) is 13.2. The molecular formula is C17H23NSi. The Morgan fingerprint density at radius 3 is 2.05 bits per heavy atom. The third-order valence-corrected chi connectivity index (χ3v) is 10.0. The van der Waals surface area contributed by atoms with Crippen molar-refractivity contribution in [3.8, 4) is 11.1 Å². The van der Waals surface area contributed by atoms with Gasteiger partial charge < -0.3 is 0 Å². The Morgan fingerprint density at radius 2 is 1.47 bits per heavy atom. The average molecular weight is 269 g/mol. The van der Waals surface area contributed by atoms with E-state index >= 15 is 0 Å². The second kappa shape index (κ2) is 6.16. The van der Waals surface area contributed by atoms with Gasteiger partial charge in [-0.3, -0.25) is 4.98 Å². The summed E-state index contributed by atoms with van der Waals surface area (Å²) < 4.78 is 0. The first-order valence-electron chi connectivity index (χ1n) is 7.26. The van der Waals surface area contributed by atoms with Gasteiger partial charge in [0.15, 0.2) is 0 Å². The molecule has 1 nitrogen and oxygen atoms in total. The Bertz CT molecular complexity index is 510. The molecule has 0 amide bonds. The second-order valence-corrected chi connectivity index (χ2v) is 10.4. The van der Waals surface area contributed by atoms with E-state index in [4.69, 9.17) is 0 Å². The molecule has 2 aromatic rings. The van der Waals surface area contributed by atoms with Gasteiger partial charge in [-0.25, -0.2) is 0 Å². The third kappa shape index (κ3) is 2.79. The van der Waals surface area contributed by atoms with Crippen molar-refractivity contribution in [1.29, 1.82) is 0 Å². The quantitative estimate of drug-likeness (QED) is 0.730. The van der Waals surface area contributed by atoms with Gasteiger partial charge in [0.25, 0.3) is 0 Å². The summed E-state index contributed by atoms with van der Waals surface area (Å²) >= 11 is 0. The summed E-state index contributed by atoms with van der Waals surface area (Å²) in [5, 5.41) is 1.52. The molecule has 0 atom stereocenters. The van der Waals surface area contributed by atoms with Crippen molar-refractivity contribution in [2.75, 3.05) is 0 Å². The first-order valence-corrected chi connectivity index (χ1v) is 9.89. The fourth-order valence-electron chi connectivity index (χ4n) is 2.88. The molecule has 0 aliphatic carbocycles. The lowest BCUT2D eigenvalue weighted by Gasteiger charge is -2.28. The molecule has 0 saturated carbocycles. The standard InChI is InChI=1S/C17H23NSi/c1-4-19(5-2,6-3)17-12-16(13-18-14-17)15-10-8-7-9-11-15/h7-14H,4-6H2,1-3H3. The van der Waals surface area contributed by atoms with E-state index in [1.165, 1.54) is 34.4 Å². The number of pyridine rings is 1. The van der Waals surface area contributed by atoms with Gasteiger partial charge in [0, 0.05) is 12.4 Å². The minimum absolute atomic E-state index is 1.25. The van der Waals surface area contributed by atoms with Crippen LogP contribution in [0.3, 0.4) is 0 Å². The van der Waals surface area contributed by atoms with E-state index in [0.29, 0.717) is 0 Å². The molecule has 0 radical (unpaired) electrons. The SMILES string of the molecule is CC[Si](CC)(CC)c1cncc(-c2ccccc2)c1. The minimum Gasteiger partial charge on any atom is -0.264 e. The molecule has 19 heavy (non-hydrogen) atoms. The van der Waals surface area contributed by atoms with Gasteiger partial charge in [-0.05, 0) is 16.3 Å². The Kier molecular flexibility index (Phi) is 4.54. The summed E-state index contributed by atoms with van der Waals surface area (Å²) in [6, 6.07) is 16.9. The molecule has 2 rings (SSSR count). The van der Waals surface area contributed by atoms with E-state index in [0.717, 1.165) is 0 Å². The van der Waals surface area contributed by atoms with Crippen LogP contribution in [-0.2, 0) is 0 Å². The van der Waals surface area contributed by atoms with Crippen LogP contribution in [0.15, 0.2) is 48.8 Å². The second-order valence-electron chi connectivity index (χ2n) is 5.17. The van der Waals surface area contributed by atoms with Gasteiger partial charge in [0.2, 0.25) is 0 Å². The van der Waals surface area contributed by atoms with Gasteiger partial charge >= 0.3 is 0 Å². The van der Waals surface area contributed by atoms with E-state index < -0.39 is 8.07 Å². The van der Waals surface area contributed by atoms with E-state index in [-0.39, 0.29) is 0 Å². The predicted octanol–water partition coefficient (Wildman–Crippen LogP) is 4.46. The maximum atomic E-state index is 4.51. The fourth-order valence-corrected chi connectivity index (χ4v) is 6.42. The van der Waals surface area contributed by atoms with Crippen LogP contribution in [0.2, 0.25) is 18.1 Å². The first-order chi connectivity index (χ1) is 9.25. The lowest BCUT2D eigenvalue weighted by Crippen LogP contribution is -2.45. The Labute approximate surface area is 117 Å². The van der Waals surface area contributed by atoms with Crippen molar-refractivity contribution in [1.82, 2.24) is 4.98 Å². The summed E-state index contributed by atoms with van der Waals surface area (Å²) in [6.45, 7) is 7.03. The van der Waals surface area contributed by atoms with E-state index in [1.807, 2.05) is 6.20 Å². The van der Waals surface area contributed by atoms with Crippen LogP contribution in [-0.4, -0.2) is 13.1 Å². The lowest BCUT2D eigenvalue weighted by molar-refractivity contribution is 1.19. The highest BCUT2D eigenvalue weighted by Crippen LogP contribution is 2.23. The highest BCUT2D eigenvalue weighted by molar-refractivity contribution is 6.91. The number of hydrogen-bond acceptors (Lipinski definition) is 1. The lowest BCUT2D eigenvalue weighted by atomic mass is 10.1. The van der Waals surface area contributed by atoms with E-state index in [1.54, 1.807) is 0 Å². The smallest absolute Gasteiger partial charge is 0.0879 e. The van der Waals surface area contributed by atoms with Gasteiger partial charge in [0.05, 0.1) is 8.07 Å². The molecule has 1 aromatic heterocycles. The molecule has 0 aliphatic heterocycles. The molecule has 100 valence electrons. The van der Waals surface area contributed by atoms with Gasteiger partial charge in [-0.1, -0.05) is 75.3 Å². The summed E-state index contributed by atoms with van der Waals surface area (Å²) in [4.78, 5) is 4.51. The fraction of sp³-hybridized carbons (Fsp3) is 0.353. The zero-order valence-electron chi connectivity index (χ0n) is 12.2. The highest BCUT2D eigenvalue weighted by atomic mass is 28.3. The molecule has 0 fully saturated rings. The van der Waals surface area contributed by atoms with Gasteiger partial charge in [-0.2, -0.15) is 0 Å². The van der Waals surface area contributed by atoms with Crippen molar-refractivity contribution in [2.24, 2.45) is 0 Å². The molecule has 0 bridgehead atoms. The Morgan fingerprint density at radius 1 is 0.842 bits per heavy atom.